The SMILES string of the molecule is C1=CCN(c2ncc3ccncc3n2)C=C1. The fourth-order valence-electron chi connectivity index (χ4n) is 1.62. The number of nitrogens with zero attached hydrogens (tertiary/aromatic N) is 4. The van der Waals surface area contributed by atoms with E-state index in [0.717, 1.165) is 17.4 Å². The molecule has 2 aromatic rings. The predicted octanol–water partition coefficient (Wildman–Crippen LogP) is 1.91. The van der Waals surface area contributed by atoms with E-state index >= 15 is 0 Å². The fourth-order valence-corrected chi connectivity index (χ4v) is 1.62. The first-order valence-electron chi connectivity index (χ1n) is 5.10. The van der Waals surface area contributed by atoms with Crippen LogP contribution in [0.4, 0.5) is 5.95 Å². The Hall–Kier alpha value is -2.23. The Balaban J connectivity index is 2.05. The normalized spacial score (nSPS) is 14.6. The van der Waals surface area contributed by atoms with Crippen LogP contribution in [0.15, 0.2) is 49.1 Å². The minimum Gasteiger partial charge on any atom is -0.313 e. The van der Waals surface area contributed by atoms with E-state index in [1.54, 1.807) is 12.4 Å². The molecule has 0 aliphatic carbocycles. The Labute approximate surface area is 93.0 Å². The molecule has 2 aromatic heterocycles. The maximum Gasteiger partial charge on any atom is 0.230 e. The summed E-state index contributed by atoms with van der Waals surface area (Å²) in [6, 6.07) is 1.91. The Morgan fingerprint density at radius 2 is 2.19 bits per heavy atom. The molecule has 1 aliphatic heterocycles. The van der Waals surface area contributed by atoms with E-state index in [2.05, 4.69) is 21.0 Å². The molecule has 0 fully saturated rings. The third-order valence-corrected chi connectivity index (χ3v) is 2.44. The average molecular weight is 210 g/mol. The summed E-state index contributed by atoms with van der Waals surface area (Å²) in [7, 11) is 0. The van der Waals surface area contributed by atoms with Gasteiger partial charge in [-0.25, -0.2) is 9.97 Å². The molecule has 0 radical (unpaired) electrons. The third kappa shape index (κ3) is 1.54. The summed E-state index contributed by atoms with van der Waals surface area (Å²) >= 11 is 0. The van der Waals surface area contributed by atoms with Gasteiger partial charge in [-0.05, 0) is 12.1 Å². The van der Waals surface area contributed by atoms with Crippen molar-refractivity contribution in [1.29, 1.82) is 0 Å². The lowest BCUT2D eigenvalue weighted by Gasteiger charge is -2.18. The zero-order chi connectivity index (χ0) is 10.8. The molecule has 78 valence electrons. The molecule has 1 aliphatic rings. The van der Waals surface area contributed by atoms with Gasteiger partial charge in [0.2, 0.25) is 5.95 Å². The number of fused-ring (bicyclic) bond motifs is 1. The van der Waals surface area contributed by atoms with Crippen molar-refractivity contribution in [3.05, 3.63) is 49.1 Å². The second-order valence-corrected chi connectivity index (χ2v) is 3.53. The van der Waals surface area contributed by atoms with Crippen molar-refractivity contribution in [3.8, 4) is 0 Å². The summed E-state index contributed by atoms with van der Waals surface area (Å²) in [6.45, 7) is 0.808. The van der Waals surface area contributed by atoms with E-state index in [1.807, 2.05) is 35.5 Å². The highest BCUT2D eigenvalue weighted by atomic mass is 15.2. The van der Waals surface area contributed by atoms with E-state index in [4.69, 9.17) is 0 Å². The van der Waals surface area contributed by atoms with Crippen LogP contribution >= 0.6 is 0 Å². The van der Waals surface area contributed by atoms with Crippen LogP contribution in [0.5, 0.6) is 0 Å². The molecule has 0 aromatic carbocycles. The van der Waals surface area contributed by atoms with E-state index < -0.39 is 0 Å². The molecule has 0 saturated carbocycles. The van der Waals surface area contributed by atoms with Gasteiger partial charge in [0.1, 0.15) is 0 Å². The van der Waals surface area contributed by atoms with Crippen LogP contribution in [-0.4, -0.2) is 21.5 Å². The second kappa shape index (κ2) is 3.73. The highest BCUT2D eigenvalue weighted by Gasteiger charge is 2.07. The van der Waals surface area contributed by atoms with Gasteiger partial charge in [0, 0.05) is 30.5 Å². The largest absolute Gasteiger partial charge is 0.313 e. The van der Waals surface area contributed by atoms with E-state index in [0.29, 0.717) is 5.95 Å². The lowest BCUT2D eigenvalue weighted by atomic mass is 10.3. The van der Waals surface area contributed by atoms with Crippen molar-refractivity contribution in [2.45, 2.75) is 0 Å². The topological polar surface area (TPSA) is 41.9 Å². The minimum atomic E-state index is 0.709. The van der Waals surface area contributed by atoms with E-state index in [1.165, 1.54) is 0 Å². The molecule has 4 heteroatoms. The van der Waals surface area contributed by atoms with Gasteiger partial charge in [-0.1, -0.05) is 12.2 Å². The zero-order valence-corrected chi connectivity index (χ0v) is 8.61. The van der Waals surface area contributed by atoms with Crippen LogP contribution in [0.25, 0.3) is 10.9 Å². The van der Waals surface area contributed by atoms with Crippen LogP contribution in [0.1, 0.15) is 0 Å². The van der Waals surface area contributed by atoms with Crippen molar-refractivity contribution in [2.24, 2.45) is 0 Å². The molecular weight excluding hydrogens is 200 g/mol. The Kier molecular flexibility index (Phi) is 2.11. The number of rotatable bonds is 1. The van der Waals surface area contributed by atoms with E-state index in [-0.39, 0.29) is 0 Å². The van der Waals surface area contributed by atoms with Crippen LogP contribution in [0.2, 0.25) is 0 Å². The molecule has 0 unspecified atom stereocenters. The molecule has 0 saturated heterocycles. The lowest BCUT2D eigenvalue weighted by Crippen LogP contribution is -2.19. The van der Waals surface area contributed by atoms with Crippen molar-refractivity contribution in [3.63, 3.8) is 0 Å². The van der Waals surface area contributed by atoms with Crippen LogP contribution in [-0.2, 0) is 0 Å². The van der Waals surface area contributed by atoms with Crippen molar-refractivity contribution in [2.75, 3.05) is 11.4 Å². The van der Waals surface area contributed by atoms with Gasteiger partial charge in [0.25, 0.3) is 0 Å². The lowest BCUT2D eigenvalue weighted by molar-refractivity contribution is 0.986. The van der Waals surface area contributed by atoms with Gasteiger partial charge in [-0.15, -0.1) is 0 Å². The summed E-state index contributed by atoms with van der Waals surface area (Å²) in [5, 5.41) is 1.01. The zero-order valence-electron chi connectivity index (χ0n) is 8.61. The van der Waals surface area contributed by atoms with Crippen LogP contribution in [0.3, 0.4) is 0 Å². The number of allylic oxidation sites excluding steroid dienone is 2. The molecule has 0 atom stereocenters. The van der Waals surface area contributed by atoms with Crippen molar-refractivity contribution in [1.82, 2.24) is 15.0 Å². The molecule has 0 bridgehead atoms. The Morgan fingerprint density at radius 3 is 3.06 bits per heavy atom. The van der Waals surface area contributed by atoms with Gasteiger partial charge >= 0.3 is 0 Å². The predicted molar refractivity (Wildman–Crippen MR) is 63.0 cm³/mol. The summed E-state index contributed by atoms with van der Waals surface area (Å²) < 4.78 is 0. The monoisotopic (exact) mass is 210 g/mol. The van der Waals surface area contributed by atoms with Gasteiger partial charge in [-0.3, -0.25) is 4.98 Å². The van der Waals surface area contributed by atoms with Crippen LogP contribution in [0, 0.1) is 0 Å². The number of anilines is 1. The number of hydrogen-bond donors (Lipinski definition) is 0. The summed E-state index contributed by atoms with van der Waals surface area (Å²) in [5.74, 6) is 0.709. The Morgan fingerprint density at radius 1 is 1.19 bits per heavy atom. The first-order chi connectivity index (χ1) is 7.93. The molecule has 0 amide bonds. The average Bonchev–Trinajstić information content (AvgIpc) is 2.39. The van der Waals surface area contributed by atoms with Crippen molar-refractivity contribution < 1.29 is 0 Å². The second-order valence-electron chi connectivity index (χ2n) is 3.53. The fraction of sp³-hybridized carbons (Fsp3) is 0.0833. The molecule has 0 spiro atoms. The van der Waals surface area contributed by atoms with E-state index in [9.17, 15) is 0 Å². The van der Waals surface area contributed by atoms with Gasteiger partial charge in [0.15, 0.2) is 0 Å². The smallest absolute Gasteiger partial charge is 0.230 e. The standard InChI is InChI=1S/C12H10N4/c1-2-6-16(7-3-1)12-14-8-10-4-5-13-9-11(10)15-12/h1-6,8-9H,7H2. The van der Waals surface area contributed by atoms with Gasteiger partial charge in [-0.2, -0.15) is 0 Å². The molecule has 0 N–H and O–H groups in total. The molecular formula is C12H10N4. The minimum absolute atomic E-state index is 0.709. The van der Waals surface area contributed by atoms with Crippen LogP contribution < -0.4 is 4.90 Å². The van der Waals surface area contributed by atoms with Crippen molar-refractivity contribution >= 4 is 16.9 Å². The number of pyridine rings is 1. The highest BCUT2D eigenvalue weighted by Crippen LogP contribution is 2.15. The molecule has 16 heavy (non-hydrogen) atoms. The first-order valence-corrected chi connectivity index (χ1v) is 5.10. The quantitative estimate of drug-likeness (QED) is 0.721. The maximum absolute atomic E-state index is 4.47. The summed E-state index contributed by atoms with van der Waals surface area (Å²) in [6.07, 6.45) is 13.3. The molecule has 4 nitrogen and oxygen atoms in total. The summed E-state index contributed by atoms with van der Waals surface area (Å²) in [4.78, 5) is 14.8. The third-order valence-electron chi connectivity index (χ3n) is 2.44. The first kappa shape index (κ1) is 9.03. The van der Waals surface area contributed by atoms with Gasteiger partial charge < -0.3 is 4.90 Å². The number of hydrogen-bond acceptors (Lipinski definition) is 4. The number of aromatic nitrogens is 3. The van der Waals surface area contributed by atoms with Gasteiger partial charge in [0.05, 0.1) is 11.7 Å². The molecule has 3 rings (SSSR count). The summed E-state index contributed by atoms with van der Waals surface area (Å²) in [5.41, 5.74) is 0.871. The Bertz CT molecular complexity index is 574. The highest BCUT2D eigenvalue weighted by molar-refractivity contribution is 5.77. The molecule has 3 heterocycles. The maximum atomic E-state index is 4.47.